The van der Waals surface area contributed by atoms with Crippen molar-refractivity contribution in [1.29, 1.82) is 0 Å². The summed E-state index contributed by atoms with van der Waals surface area (Å²) in [5.74, 6) is -0.259. The highest BCUT2D eigenvalue weighted by molar-refractivity contribution is 6.89. The Kier molecular flexibility index (Phi) is 5.13. The maximum atomic E-state index is 12.5. The smallest absolute Gasteiger partial charge is 0.314 e. The summed E-state index contributed by atoms with van der Waals surface area (Å²) in [6.07, 6.45) is 3.72. The van der Waals surface area contributed by atoms with Crippen LogP contribution in [0.5, 0.6) is 0 Å². The van der Waals surface area contributed by atoms with E-state index in [1.165, 1.54) is 12.3 Å². The first-order valence-corrected chi connectivity index (χ1v) is 11.7. The minimum absolute atomic E-state index is 0.259. The maximum absolute atomic E-state index is 12.5. The van der Waals surface area contributed by atoms with Crippen LogP contribution in [0.25, 0.3) is 0 Å². The molecule has 0 aromatic heterocycles. The van der Waals surface area contributed by atoms with E-state index in [1.807, 2.05) is 18.2 Å². The second-order valence-electron chi connectivity index (χ2n) is 7.45. The van der Waals surface area contributed by atoms with Gasteiger partial charge in [-0.3, -0.25) is 4.79 Å². The van der Waals surface area contributed by atoms with Gasteiger partial charge in [-0.25, -0.2) is 0 Å². The van der Waals surface area contributed by atoms with E-state index in [9.17, 15) is 9.90 Å². The fourth-order valence-corrected chi connectivity index (χ4v) is 5.37. The lowest BCUT2D eigenvalue weighted by molar-refractivity contribution is -0.164. The highest BCUT2D eigenvalue weighted by Gasteiger charge is 2.48. The predicted octanol–water partition coefficient (Wildman–Crippen LogP) is 3.39. The van der Waals surface area contributed by atoms with Gasteiger partial charge in [-0.05, 0) is 18.4 Å². The Morgan fingerprint density at radius 3 is 2.32 bits per heavy atom. The summed E-state index contributed by atoms with van der Waals surface area (Å²) < 4.78 is 5.07. The number of methoxy groups -OCH3 is 1. The van der Waals surface area contributed by atoms with Gasteiger partial charge in [-0.15, -0.1) is 0 Å². The zero-order chi connectivity index (χ0) is 16.4. The van der Waals surface area contributed by atoms with E-state index >= 15 is 0 Å². The van der Waals surface area contributed by atoms with Crippen LogP contribution in [0.2, 0.25) is 19.6 Å². The molecule has 0 heterocycles. The Morgan fingerprint density at radius 2 is 1.77 bits per heavy atom. The zero-order valence-corrected chi connectivity index (χ0v) is 15.2. The SMILES string of the molecule is COC(=O)C1([C@@H](O)c2ccccc2[Si](C)(C)C)CCCCC1. The number of aliphatic hydroxyl groups is 1. The van der Waals surface area contributed by atoms with Crippen LogP contribution in [0.1, 0.15) is 43.8 Å². The van der Waals surface area contributed by atoms with E-state index < -0.39 is 19.6 Å². The lowest BCUT2D eigenvalue weighted by Crippen LogP contribution is -2.46. The highest BCUT2D eigenvalue weighted by atomic mass is 28.3. The molecule has 1 fully saturated rings. The van der Waals surface area contributed by atoms with Crippen LogP contribution in [0.15, 0.2) is 24.3 Å². The number of hydrogen-bond donors (Lipinski definition) is 1. The molecule has 1 N–H and O–H groups in total. The van der Waals surface area contributed by atoms with Gasteiger partial charge in [0.1, 0.15) is 0 Å². The van der Waals surface area contributed by atoms with Crippen molar-refractivity contribution in [3.05, 3.63) is 29.8 Å². The second kappa shape index (κ2) is 6.55. The van der Waals surface area contributed by atoms with Gasteiger partial charge < -0.3 is 9.84 Å². The standard InChI is InChI=1S/C18H28O3Si/c1-21-17(20)18(12-8-5-9-13-18)16(19)14-10-6-7-11-15(14)22(2,3)4/h6-7,10-11,16,19H,5,8-9,12-13H2,1-4H3/t16-/m0/s1. The second-order valence-corrected chi connectivity index (χ2v) is 12.5. The van der Waals surface area contributed by atoms with Crippen molar-refractivity contribution >= 4 is 19.2 Å². The molecule has 4 heteroatoms. The molecule has 2 rings (SSSR count). The molecule has 0 saturated heterocycles. The summed E-state index contributed by atoms with van der Waals surface area (Å²) in [6.45, 7) is 6.80. The van der Waals surface area contributed by atoms with Crippen molar-refractivity contribution in [2.24, 2.45) is 5.41 Å². The fraction of sp³-hybridized carbons (Fsp3) is 0.611. The summed E-state index contributed by atoms with van der Waals surface area (Å²) in [4.78, 5) is 12.5. The molecule has 1 atom stereocenters. The highest BCUT2D eigenvalue weighted by Crippen LogP contribution is 2.46. The number of esters is 1. The topological polar surface area (TPSA) is 46.5 Å². The molecule has 0 bridgehead atoms. The van der Waals surface area contributed by atoms with Crippen LogP contribution < -0.4 is 5.19 Å². The van der Waals surface area contributed by atoms with Crippen molar-refractivity contribution in [2.75, 3.05) is 7.11 Å². The summed E-state index contributed by atoms with van der Waals surface area (Å²) in [5, 5.41) is 12.4. The van der Waals surface area contributed by atoms with Gasteiger partial charge in [0.25, 0.3) is 0 Å². The van der Waals surface area contributed by atoms with Gasteiger partial charge >= 0.3 is 5.97 Å². The quantitative estimate of drug-likeness (QED) is 0.683. The van der Waals surface area contributed by atoms with Crippen LogP contribution >= 0.6 is 0 Å². The molecule has 1 aliphatic rings. The molecule has 0 spiro atoms. The number of aliphatic hydroxyl groups excluding tert-OH is 1. The molecule has 0 radical (unpaired) electrons. The van der Waals surface area contributed by atoms with Crippen LogP contribution in [0.3, 0.4) is 0 Å². The van der Waals surface area contributed by atoms with E-state index in [0.717, 1.165) is 24.8 Å². The Bertz CT molecular complexity index is 527. The van der Waals surface area contributed by atoms with Gasteiger partial charge in [0.15, 0.2) is 0 Å². The minimum Gasteiger partial charge on any atom is -0.469 e. The molecule has 1 aromatic rings. The van der Waals surface area contributed by atoms with Crippen LogP contribution in [0, 0.1) is 5.41 Å². The van der Waals surface area contributed by atoms with Gasteiger partial charge in [0.2, 0.25) is 0 Å². The molecule has 1 aromatic carbocycles. The summed E-state index contributed by atoms with van der Waals surface area (Å²) in [5.41, 5.74) is 0.150. The summed E-state index contributed by atoms with van der Waals surface area (Å²) in [6, 6.07) is 8.07. The predicted molar refractivity (Wildman–Crippen MR) is 91.9 cm³/mol. The molecular formula is C18H28O3Si. The molecule has 1 aliphatic carbocycles. The third-order valence-electron chi connectivity index (χ3n) is 4.92. The molecule has 22 heavy (non-hydrogen) atoms. The van der Waals surface area contributed by atoms with Crippen molar-refractivity contribution in [3.63, 3.8) is 0 Å². The molecule has 0 unspecified atom stereocenters. The Morgan fingerprint density at radius 1 is 1.18 bits per heavy atom. The molecule has 0 aliphatic heterocycles. The van der Waals surface area contributed by atoms with Crippen molar-refractivity contribution in [3.8, 4) is 0 Å². The molecule has 3 nitrogen and oxygen atoms in total. The third kappa shape index (κ3) is 3.13. The van der Waals surface area contributed by atoms with E-state index in [-0.39, 0.29) is 5.97 Å². The Balaban J connectivity index is 2.48. The number of ether oxygens (including phenoxy) is 1. The third-order valence-corrected chi connectivity index (χ3v) is 7.00. The van der Waals surface area contributed by atoms with E-state index in [1.54, 1.807) is 0 Å². The van der Waals surface area contributed by atoms with Crippen molar-refractivity contribution < 1.29 is 14.6 Å². The normalized spacial score (nSPS) is 19.5. The van der Waals surface area contributed by atoms with Gasteiger partial charge in [0.05, 0.1) is 26.7 Å². The molecule has 0 amide bonds. The van der Waals surface area contributed by atoms with E-state index in [4.69, 9.17) is 4.74 Å². The number of carbonyl (C=O) groups is 1. The minimum atomic E-state index is -1.59. The first-order valence-electron chi connectivity index (χ1n) is 8.19. The molecule has 122 valence electrons. The van der Waals surface area contributed by atoms with Gasteiger partial charge in [-0.2, -0.15) is 0 Å². The van der Waals surface area contributed by atoms with Crippen LogP contribution in [-0.2, 0) is 9.53 Å². The lowest BCUT2D eigenvalue weighted by atomic mass is 9.68. The Hall–Kier alpha value is -1.13. The van der Waals surface area contributed by atoms with E-state index in [0.29, 0.717) is 12.8 Å². The van der Waals surface area contributed by atoms with Crippen LogP contribution in [-0.4, -0.2) is 26.3 Å². The number of hydrogen-bond acceptors (Lipinski definition) is 3. The average molecular weight is 321 g/mol. The first-order chi connectivity index (χ1) is 10.3. The van der Waals surface area contributed by atoms with E-state index in [2.05, 4.69) is 25.7 Å². The summed E-state index contributed by atoms with van der Waals surface area (Å²) >= 11 is 0. The number of rotatable bonds is 4. The van der Waals surface area contributed by atoms with Gasteiger partial charge in [0, 0.05) is 0 Å². The zero-order valence-electron chi connectivity index (χ0n) is 14.2. The number of carbonyl (C=O) groups excluding carboxylic acids is 1. The average Bonchev–Trinajstić information content (AvgIpc) is 2.53. The van der Waals surface area contributed by atoms with Crippen molar-refractivity contribution in [1.82, 2.24) is 0 Å². The van der Waals surface area contributed by atoms with Crippen molar-refractivity contribution in [2.45, 2.75) is 57.8 Å². The maximum Gasteiger partial charge on any atom is 0.314 e. The van der Waals surface area contributed by atoms with Gasteiger partial charge in [-0.1, -0.05) is 68.4 Å². The first kappa shape index (κ1) is 17.2. The number of benzene rings is 1. The Labute approximate surface area is 134 Å². The lowest BCUT2D eigenvalue weighted by Gasteiger charge is -2.40. The van der Waals surface area contributed by atoms with Crippen LogP contribution in [0.4, 0.5) is 0 Å². The largest absolute Gasteiger partial charge is 0.469 e. The molecule has 1 saturated carbocycles. The monoisotopic (exact) mass is 320 g/mol. The fourth-order valence-electron chi connectivity index (χ4n) is 3.69. The molecular weight excluding hydrogens is 292 g/mol. The summed E-state index contributed by atoms with van der Waals surface area (Å²) in [7, 11) is -0.168.